The van der Waals surface area contributed by atoms with Gasteiger partial charge < -0.3 is 20.4 Å². The number of benzene rings is 3. The molecule has 1 atom stereocenters. The van der Waals surface area contributed by atoms with Crippen molar-refractivity contribution in [3.8, 4) is 35.5 Å². The Bertz CT molecular complexity index is 1780. The quantitative estimate of drug-likeness (QED) is 0.330. The van der Waals surface area contributed by atoms with Gasteiger partial charge in [-0.25, -0.2) is 14.4 Å². The van der Waals surface area contributed by atoms with Crippen LogP contribution < -0.4 is 0 Å². The molecule has 3 aromatic carbocycles. The molecule has 1 aliphatic carbocycles. The van der Waals surface area contributed by atoms with Crippen LogP contribution in [0.2, 0.25) is 0 Å². The van der Waals surface area contributed by atoms with Crippen LogP contribution >= 0.6 is 0 Å². The molecule has 1 unspecified atom stereocenters. The Kier molecular flexibility index (Phi) is 9.05. The van der Waals surface area contributed by atoms with Crippen molar-refractivity contribution < 1.29 is 34.8 Å². The normalized spacial score (nSPS) is 15.3. The van der Waals surface area contributed by atoms with Gasteiger partial charge in [0.15, 0.2) is 0 Å². The average molecular weight is 557 g/mol. The van der Waals surface area contributed by atoms with Gasteiger partial charge in [-0.05, 0) is 85.3 Å². The zero-order chi connectivity index (χ0) is 30.1. The number of aromatic carboxylic acids is 3. The number of carboxylic acids is 3. The van der Waals surface area contributed by atoms with E-state index in [0.29, 0.717) is 34.3 Å². The summed E-state index contributed by atoms with van der Waals surface area (Å²) in [5.74, 6) is 15.6. The highest BCUT2D eigenvalue weighted by Crippen LogP contribution is 2.37. The Hall–Kier alpha value is -5.81. The maximum absolute atomic E-state index is 11.2. The maximum atomic E-state index is 11.2. The number of allylic oxidation sites excluding steroid dienone is 4. The van der Waals surface area contributed by atoms with E-state index in [2.05, 4.69) is 35.5 Å². The van der Waals surface area contributed by atoms with Gasteiger partial charge in [-0.1, -0.05) is 41.6 Å². The second-order valence-electron chi connectivity index (χ2n) is 9.47. The summed E-state index contributed by atoms with van der Waals surface area (Å²) in [6, 6.07) is 18.6. The topological polar surface area (TPSA) is 132 Å². The molecule has 0 aliphatic heterocycles. The van der Waals surface area contributed by atoms with E-state index in [1.54, 1.807) is 36.4 Å². The van der Waals surface area contributed by atoms with Gasteiger partial charge in [-0.3, -0.25) is 0 Å². The van der Waals surface area contributed by atoms with E-state index in [0.717, 1.165) is 0 Å². The minimum Gasteiger partial charge on any atom is -0.478 e. The molecule has 1 aliphatic rings. The van der Waals surface area contributed by atoms with Crippen LogP contribution in [0.5, 0.6) is 0 Å². The lowest BCUT2D eigenvalue weighted by atomic mass is 9.74. The molecule has 0 aromatic heterocycles. The van der Waals surface area contributed by atoms with Gasteiger partial charge in [0, 0.05) is 40.9 Å². The van der Waals surface area contributed by atoms with Gasteiger partial charge >= 0.3 is 17.9 Å². The number of aliphatic hydroxyl groups is 1. The summed E-state index contributed by atoms with van der Waals surface area (Å²) in [5, 5.41) is 37.4. The number of rotatable bonds is 5. The Labute approximate surface area is 242 Å². The molecule has 0 spiro atoms. The Balaban J connectivity index is 1.73. The summed E-state index contributed by atoms with van der Waals surface area (Å²) < 4.78 is 0. The third-order valence-corrected chi connectivity index (χ3v) is 6.40. The highest BCUT2D eigenvalue weighted by molar-refractivity contribution is 5.88. The third-order valence-electron chi connectivity index (χ3n) is 6.40. The molecule has 0 heterocycles. The highest BCUT2D eigenvalue weighted by atomic mass is 16.4. The molecule has 0 bridgehead atoms. The predicted octanol–water partition coefficient (Wildman–Crippen LogP) is 4.86. The lowest BCUT2D eigenvalue weighted by molar-refractivity contribution is 0.0686. The van der Waals surface area contributed by atoms with Gasteiger partial charge in [0.2, 0.25) is 0 Å². The van der Waals surface area contributed by atoms with Crippen LogP contribution in [-0.2, 0) is 0 Å². The lowest BCUT2D eigenvalue weighted by Crippen LogP contribution is -2.21. The predicted molar refractivity (Wildman–Crippen MR) is 156 cm³/mol. The van der Waals surface area contributed by atoms with Crippen molar-refractivity contribution in [3.63, 3.8) is 0 Å². The lowest BCUT2D eigenvalue weighted by Gasteiger charge is -2.28. The van der Waals surface area contributed by atoms with E-state index in [4.69, 9.17) is 15.3 Å². The molecule has 7 nitrogen and oxygen atoms in total. The fourth-order valence-corrected chi connectivity index (χ4v) is 4.21. The van der Waals surface area contributed by atoms with Crippen LogP contribution in [0.1, 0.15) is 60.6 Å². The van der Waals surface area contributed by atoms with Crippen molar-refractivity contribution in [3.05, 3.63) is 129 Å². The molecule has 42 heavy (non-hydrogen) atoms. The van der Waals surface area contributed by atoms with Gasteiger partial charge in [0.1, 0.15) is 0 Å². The largest absolute Gasteiger partial charge is 0.478 e. The average Bonchev–Trinajstić information content (AvgIpc) is 2.98. The summed E-state index contributed by atoms with van der Waals surface area (Å²) in [6.07, 6.45) is 4.38. The van der Waals surface area contributed by atoms with Gasteiger partial charge in [-0.2, -0.15) is 0 Å². The van der Waals surface area contributed by atoms with E-state index in [1.807, 2.05) is 12.2 Å². The number of aliphatic hydroxyl groups excluding tert-OH is 1. The van der Waals surface area contributed by atoms with Crippen molar-refractivity contribution in [2.45, 2.75) is 12.8 Å². The van der Waals surface area contributed by atoms with Crippen molar-refractivity contribution in [1.82, 2.24) is 0 Å². The fraction of sp³-hybridized carbons (Fsp3) is 0.114. The summed E-state index contributed by atoms with van der Waals surface area (Å²) in [7, 11) is 0. The molecule has 7 heteroatoms. The molecular formula is C35H24O7. The minimum absolute atomic E-state index is 0.147. The molecule has 3 aromatic rings. The number of hydrogen-bond donors (Lipinski definition) is 4. The van der Waals surface area contributed by atoms with E-state index in [9.17, 15) is 19.5 Å². The zero-order valence-electron chi connectivity index (χ0n) is 22.2. The second-order valence-corrected chi connectivity index (χ2v) is 9.47. The third kappa shape index (κ3) is 7.64. The van der Waals surface area contributed by atoms with Crippen molar-refractivity contribution >= 4 is 17.9 Å². The minimum atomic E-state index is -1.03. The fourth-order valence-electron chi connectivity index (χ4n) is 4.21. The van der Waals surface area contributed by atoms with E-state index >= 15 is 0 Å². The number of carboxylic acid groups (broad SMARTS) is 3. The zero-order valence-corrected chi connectivity index (χ0v) is 22.2. The molecule has 0 radical (unpaired) electrons. The SMILES string of the molecule is O=C(O)c1ccc(C#CC2=CC(C#Cc3ccc(C(=O)O)cc3)(CCO)CC(C#Cc3ccc(C(=O)O)cc3)=C2)cc1. The Morgan fingerprint density at radius 1 is 0.619 bits per heavy atom. The Morgan fingerprint density at radius 3 is 1.48 bits per heavy atom. The van der Waals surface area contributed by atoms with Crippen molar-refractivity contribution in [2.75, 3.05) is 6.61 Å². The molecule has 0 saturated heterocycles. The molecule has 0 saturated carbocycles. The monoisotopic (exact) mass is 556 g/mol. The smallest absolute Gasteiger partial charge is 0.335 e. The van der Waals surface area contributed by atoms with Gasteiger partial charge in [-0.15, -0.1) is 0 Å². The van der Waals surface area contributed by atoms with E-state index < -0.39 is 23.3 Å². The summed E-state index contributed by atoms with van der Waals surface area (Å²) in [4.78, 5) is 33.5. The van der Waals surface area contributed by atoms with Gasteiger partial charge in [0.05, 0.1) is 22.1 Å². The molecule has 0 amide bonds. The van der Waals surface area contributed by atoms with Crippen LogP contribution in [0.15, 0.2) is 96.1 Å². The standard InChI is InChI=1S/C35H24O7/c36-20-19-35(18-17-26-9-15-31(16-10-26)34(41)42)22-27(3-1-24-5-11-29(12-6-24)32(37)38)21-28(23-35)4-2-25-7-13-30(14-8-25)33(39)40/h5-16,21-22,36H,19-20,23H2,(H,37,38)(H,39,40)(H,41,42). The summed E-state index contributed by atoms with van der Waals surface area (Å²) in [5.41, 5.74) is 2.78. The first-order valence-corrected chi connectivity index (χ1v) is 12.8. The van der Waals surface area contributed by atoms with Crippen molar-refractivity contribution in [2.24, 2.45) is 5.41 Å². The first kappa shape index (κ1) is 29.2. The molecular weight excluding hydrogens is 532 g/mol. The summed E-state index contributed by atoms with van der Waals surface area (Å²) >= 11 is 0. The molecule has 206 valence electrons. The van der Waals surface area contributed by atoms with E-state index in [1.165, 1.54) is 36.4 Å². The van der Waals surface area contributed by atoms with E-state index in [-0.39, 0.29) is 29.7 Å². The second kappa shape index (κ2) is 13.0. The summed E-state index contributed by atoms with van der Waals surface area (Å²) in [6.45, 7) is -0.155. The molecule has 4 rings (SSSR count). The van der Waals surface area contributed by atoms with Crippen LogP contribution in [0, 0.1) is 40.9 Å². The highest BCUT2D eigenvalue weighted by Gasteiger charge is 2.29. The first-order chi connectivity index (χ1) is 20.2. The maximum Gasteiger partial charge on any atom is 0.335 e. The van der Waals surface area contributed by atoms with Crippen molar-refractivity contribution in [1.29, 1.82) is 0 Å². The van der Waals surface area contributed by atoms with Crippen LogP contribution in [0.3, 0.4) is 0 Å². The number of carbonyl (C=O) groups is 3. The van der Waals surface area contributed by atoms with Crippen LogP contribution in [-0.4, -0.2) is 44.9 Å². The first-order valence-electron chi connectivity index (χ1n) is 12.8. The van der Waals surface area contributed by atoms with Crippen LogP contribution in [0.25, 0.3) is 0 Å². The molecule has 0 fully saturated rings. The Morgan fingerprint density at radius 2 is 1.05 bits per heavy atom. The van der Waals surface area contributed by atoms with Crippen LogP contribution in [0.4, 0.5) is 0 Å². The molecule has 4 N–H and O–H groups in total. The number of hydrogen-bond acceptors (Lipinski definition) is 4. The van der Waals surface area contributed by atoms with Gasteiger partial charge in [0.25, 0.3) is 0 Å².